The van der Waals surface area contributed by atoms with E-state index in [1.165, 1.54) is 6.07 Å². The van der Waals surface area contributed by atoms with E-state index in [1.54, 1.807) is 18.2 Å². The zero-order chi connectivity index (χ0) is 13.5. The van der Waals surface area contributed by atoms with Crippen LogP contribution >= 0.6 is 0 Å². The summed E-state index contributed by atoms with van der Waals surface area (Å²) in [4.78, 5) is 5.34. The summed E-state index contributed by atoms with van der Waals surface area (Å²) >= 11 is 0. The summed E-state index contributed by atoms with van der Waals surface area (Å²) in [6.45, 7) is 1.65. The maximum Gasteiger partial charge on any atom is 0.128 e. The normalized spacial score (nSPS) is 38.2. The third-order valence-electron chi connectivity index (χ3n) is 4.16. The Morgan fingerprint density at radius 3 is 2.95 bits per heavy atom. The van der Waals surface area contributed by atoms with Gasteiger partial charge in [-0.05, 0) is 19.4 Å². The van der Waals surface area contributed by atoms with Gasteiger partial charge in [0.05, 0.1) is 18.2 Å². The number of fused-ring (bicyclic) bond motifs is 1. The van der Waals surface area contributed by atoms with Crippen LogP contribution in [0.25, 0.3) is 0 Å². The average molecular weight is 269 g/mol. The Hall–Kier alpha value is -1.04. The van der Waals surface area contributed by atoms with Gasteiger partial charge in [-0.25, -0.2) is 8.78 Å². The van der Waals surface area contributed by atoms with Crippen LogP contribution in [0.4, 0.5) is 8.78 Å². The first-order chi connectivity index (χ1) is 9.17. The highest BCUT2D eigenvalue weighted by molar-refractivity contribution is 5.29. The van der Waals surface area contributed by atoms with Crippen LogP contribution in [0.3, 0.4) is 0 Å². The molecule has 0 radical (unpaired) electrons. The van der Waals surface area contributed by atoms with Crippen LogP contribution in [0, 0.1) is 11.7 Å². The van der Waals surface area contributed by atoms with Crippen LogP contribution in [0.5, 0.6) is 0 Å². The maximum absolute atomic E-state index is 14.1. The second-order valence-corrected chi connectivity index (χ2v) is 5.33. The molecule has 5 heteroatoms. The predicted molar refractivity (Wildman–Crippen MR) is 65.6 cm³/mol. The van der Waals surface area contributed by atoms with Gasteiger partial charge in [0.15, 0.2) is 0 Å². The molecule has 19 heavy (non-hydrogen) atoms. The van der Waals surface area contributed by atoms with E-state index in [2.05, 4.69) is 5.48 Å². The molecule has 1 aromatic rings. The SMILES string of the molecule is C[C@H]1C[C@H]2[C@H](CF)ON[C@@]2(c2ccccc2F)CO1. The van der Waals surface area contributed by atoms with E-state index in [4.69, 9.17) is 9.57 Å². The van der Waals surface area contributed by atoms with Gasteiger partial charge < -0.3 is 4.74 Å². The summed E-state index contributed by atoms with van der Waals surface area (Å²) in [6.07, 6.45) is 0.129. The minimum Gasteiger partial charge on any atom is -0.376 e. The molecule has 2 aliphatic heterocycles. The Labute approximate surface area is 110 Å². The minimum absolute atomic E-state index is 0.0300. The minimum atomic E-state index is -0.783. The van der Waals surface area contributed by atoms with Crippen molar-refractivity contribution in [3.8, 4) is 0 Å². The molecule has 3 nitrogen and oxygen atoms in total. The number of hydrogen-bond donors (Lipinski definition) is 1. The van der Waals surface area contributed by atoms with Crippen molar-refractivity contribution in [3.05, 3.63) is 35.6 Å². The lowest BCUT2D eigenvalue weighted by atomic mass is 9.73. The van der Waals surface area contributed by atoms with Crippen molar-refractivity contribution in [2.75, 3.05) is 13.3 Å². The number of alkyl halides is 1. The molecule has 2 heterocycles. The van der Waals surface area contributed by atoms with Gasteiger partial charge in [-0.3, -0.25) is 4.84 Å². The molecule has 2 saturated heterocycles. The molecule has 0 aromatic heterocycles. The lowest BCUT2D eigenvalue weighted by molar-refractivity contribution is -0.0615. The van der Waals surface area contributed by atoms with E-state index in [0.717, 1.165) is 0 Å². The molecular formula is C14H17F2NO2. The fourth-order valence-electron chi connectivity index (χ4n) is 3.14. The standard InChI is InChI=1S/C14H17F2NO2/c1-9-6-11-13(7-15)19-17-14(11,8-18-9)10-4-2-3-5-12(10)16/h2-5,9,11,13,17H,6-8H2,1H3/t9-,11-,13-,14+/m0/s1. The average Bonchev–Trinajstić information content (AvgIpc) is 2.78. The number of hydrogen-bond acceptors (Lipinski definition) is 3. The van der Waals surface area contributed by atoms with Crippen molar-refractivity contribution >= 4 is 0 Å². The summed E-state index contributed by atoms with van der Waals surface area (Å²) in [6, 6.07) is 6.52. The Morgan fingerprint density at radius 1 is 1.42 bits per heavy atom. The summed E-state index contributed by atoms with van der Waals surface area (Å²) < 4.78 is 32.8. The van der Waals surface area contributed by atoms with Gasteiger partial charge in [0.2, 0.25) is 0 Å². The van der Waals surface area contributed by atoms with Gasteiger partial charge in [0.1, 0.15) is 18.6 Å². The molecule has 0 unspecified atom stereocenters. The summed E-state index contributed by atoms with van der Waals surface area (Å²) in [5.74, 6) is -0.445. The number of halogens is 2. The fraction of sp³-hybridized carbons (Fsp3) is 0.571. The Morgan fingerprint density at radius 2 is 2.21 bits per heavy atom. The van der Waals surface area contributed by atoms with Crippen LogP contribution in [0.15, 0.2) is 24.3 Å². The molecule has 104 valence electrons. The summed E-state index contributed by atoms with van der Waals surface area (Å²) in [7, 11) is 0. The molecule has 4 atom stereocenters. The molecule has 2 fully saturated rings. The van der Waals surface area contributed by atoms with Gasteiger partial charge in [-0.2, -0.15) is 5.48 Å². The van der Waals surface area contributed by atoms with Gasteiger partial charge in [0.25, 0.3) is 0 Å². The summed E-state index contributed by atoms with van der Waals surface area (Å²) in [5.41, 5.74) is 2.55. The molecule has 0 amide bonds. The fourth-order valence-corrected chi connectivity index (χ4v) is 3.14. The molecule has 1 N–H and O–H groups in total. The molecule has 3 rings (SSSR count). The lowest BCUT2D eigenvalue weighted by Gasteiger charge is -2.41. The van der Waals surface area contributed by atoms with Crippen LogP contribution in [-0.4, -0.2) is 25.5 Å². The monoisotopic (exact) mass is 269 g/mol. The number of rotatable bonds is 2. The van der Waals surface area contributed by atoms with Crippen molar-refractivity contribution < 1.29 is 18.4 Å². The molecule has 1 aromatic carbocycles. The van der Waals surface area contributed by atoms with Crippen LogP contribution in [0.1, 0.15) is 18.9 Å². The highest BCUT2D eigenvalue weighted by Gasteiger charge is 2.55. The van der Waals surface area contributed by atoms with Crippen molar-refractivity contribution in [3.63, 3.8) is 0 Å². The predicted octanol–water partition coefficient (Wildman–Crippen LogP) is 2.32. The smallest absolute Gasteiger partial charge is 0.128 e. The zero-order valence-electron chi connectivity index (χ0n) is 10.7. The molecule has 0 saturated carbocycles. The van der Waals surface area contributed by atoms with Gasteiger partial charge in [-0.1, -0.05) is 18.2 Å². The quantitative estimate of drug-likeness (QED) is 0.893. The topological polar surface area (TPSA) is 30.5 Å². The number of benzene rings is 1. The second kappa shape index (κ2) is 4.81. The largest absolute Gasteiger partial charge is 0.376 e. The summed E-state index contributed by atoms with van der Waals surface area (Å²) in [5, 5.41) is 0. The Kier molecular flexibility index (Phi) is 3.28. The number of nitrogens with one attached hydrogen (secondary N) is 1. The molecule has 0 bridgehead atoms. The first-order valence-electron chi connectivity index (χ1n) is 6.53. The first kappa shape index (κ1) is 13.0. The van der Waals surface area contributed by atoms with E-state index in [0.29, 0.717) is 12.0 Å². The van der Waals surface area contributed by atoms with Crippen molar-refractivity contribution in [2.24, 2.45) is 5.92 Å². The third-order valence-corrected chi connectivity index (χ3v) is 4.16. The van der Waals surface area contributed by atoms with Crippen molar-refractivity contribution in [1.82, 2.24) is 5.48 Å². The molecule has 2 aliphatic rings. The van der Waals surface area contributed by atoms with Crippen LogP contribution in [-0.2, 0) is 15.1 Å². The van der Waals surface area contributed by atoms with Crippen LogP contribution in [0.2, 0.25) is 0 Å². The highest BCUT2D eigenvalue weighted by atomic mass is 19.1. The van der Waals surface area contributed by atoms with Crippen molar-refractivity contribution in [2.45, 2.75) is 31.1 Å². The van der Waals surface area contributed by atoms with Crippen LogP contribution < -0.4 is 5.48 Å². The molecule has 0 aliphatic carbocycles. The van der Waals surface area contributed by atoms with E-state index >= 15 is 0 Å². The Balaban J connectivity index is 2.03. The first-order valence-corrected chi connectivity index (χ1v) is 6.53. The second-order valence-electron chi connectivity index (χ2n) is 5.33. The highest BCUT2D eigenvalue weighted by Crippen LogP contribution is 2.45. The molecular weight excluding hydrogens is 252 g/mol. The van der Waals surface area contributed by atoms with E-state index < -0.39 is 18.3 Å². The maximum atomic E-state index is 14.1. The zero-order valence-corrected chi connectivity index (χ0v) is 10.7. The van der Waals surface area contributed by atoms with Gasteiger partial charge >= 0.3 is 0 Å². The van der Waals surface area contributed by atoms with Crippen molar-refractivity contribution in [1.29, 1.82) is 0 Å². The Bertz CT molecular complexity index is 471. The molecule has 0 spiro atoms. The van der Waals surface area contributed by atoms with E-state index in [-0.39, 0.29) is 24.4 Å². The van der Waals surface area contributed by atoms with E-state index in [1.807, 2.05) is 6.92 Å². The lowest BCUT2D eigenvalue weighted by Crippen LogP contribution is -2.52. The van der Waals surface area contributed by atoms with E-state index in [9.17, 15) is 8.78 Å². The number of hydroxylamine groups is 1. The van der Waals surface area contributed by atoms with Gasteiger partial charge in [-0.15, -0.1) is 0 Å². The number of ether oxygens (including phenoxy) is 1. The third kappa shape index (κ3) is 1.96. The van der Waals surface area contributed by atoms with Gasteiger partial charge in [0, 0.05) is 11.5 Å².